The van der Waals surface area contributed by atoms with Crippen molar-refractivity contribution in [2.45, 2.75) is 30.5 Å². The van der Waals surface area contributed by atoms with E-state index >= 15 is 0 Å². The summed E-state index contributed by atoms with van der Waals surface area (Å²) in [7, 11) is 2.56. The lowest BCUT2D eigenvalue weighted by molar-refractivity contribution is -0.238. The molecule has 1 aliphatic heterocycles. The first kappa shape index (κ1) is 22.1. The summed E-state index contributed by atoms with van der Waals surface area (Å²) in [5.74, 6) is -1.60. The Morgan fingerprint density at radius 1 is 1.00 bits per heavy atom. The van der Waals surface area contributed by atoms with E-state index in [1.165, 1.54) is 20.3 Å². The predicted molar refractivity (Wildman–Crippen MR) is 109 cm³/mol. The van der Waals surface area contributed by atoms with Crippen LogP contribution in [0.15, 0.2) is 27.4 Å². The molecule has 5 unspecified atom stereocenters. The summed E-state index contributed by atoms with van der Waals surface area (Å²) in [6.07, 6.45) is -6.56. The van der Waals surface area contributed by atoms with Crippen LogP contribution >= 0.6 is 0 Å². The first-order valence-electron chi connectivity index (χ1n) is 9.61. The minimum Gasteiger partial charge on any atom is -0.506 e. The SMILES string of the molecule is COc1cc2oc3cc(O)c(O)cc3c(=O)c2c(O)c1C1OC(CO)C(O)C(O)C1OC. The van der Waals surface area contributed by atoms with Gasteiger partial charge in [0.2, 0.25) is 5.43 Å². The minimum atomic E-state index is -1.48. The number of phenols is 3. The number of ether oxygens (including phenoxy) is 3. The smallest absolute Gasteiger partial charge is 0.204 e. The van der Waals surface area contributed by atoms with Crippen LogP contribution in [0, 0.1) is 0 Å². The van der Waals surface area contributed by atoms with Crippen molar-refractivity contribution < 1.29 is 49.3 Å². The minimum absolute atomic E-state index is 0.0211. The number of phenolic OH excluding ortho intramolecular Hbond substituents is 3. The zero-order valence-corrected chi connectivity index (χ0v) is 17.1. The third-order valence-corrected chi connectivity index (χ3v) is 5.68. The van der Waals surface area contributed by atoms with Crippen LogP contribution in [0.25, 0.3) is 21.9 Å². The topological polar surface area (TPSA) is 179 Å². The number of fused-ring (bicyclic) bond motifs is 2. The van der Waals surface area contributed by atoms with Crippen LogP contribution in [-0.4, -0.2) is 75.9 Å². The lowest BCUT2D eigenvalue weighted by Gasteiger charge is -2.42. The van der Waals surface area contributed by atoms with Gasteiger partial charge in [-0.3, -0.25) is 4.79 Å². The van der Waals surface area contributed by atoms with E-state index in [1.807, 2.05) is 0 Å². The van der Waals surface area contributed by atoms with E-state index in [4.69, 9.17) is 18.6 Å². The van der Waals surface area contributed by atoms with Gasteiger partial charge in [0, 0.05) is 19.2 Å². The molecule has 11 nitrogen and oxygen atoms in total. The maximum Gasteiger partial charge on any atom is 0.204 e. The Morgan fingerprint density at radius 2 is 1.69 bits per heavy atom. The van der Waals surface area contributed by atoms with E-state index in [-0.39, 0.29) is 33.3 Å². The standard InChI is InChI=1S/C21H22O11/c1-29-11-5-12-14(16(25)7-3-8(23)9(24)4-10(7)31-12)18(27)15(11)20-21(30-2)19(28)17(26)13(6-22)32-20/h3-5,13,17,19-24,26-28H,6H2,1-2H3. The molecule has 3 aromatic rings. The predicted octanol–water partition coefficient (Wildman–Crippen LogP) is 0.241. The van der Waals surface area contributed by atoms with E-state index < -0.39 is 59.8 Å². The van der Waals surface area contributed by atoms with E-state index in [2.05, 4.69) is 0 Å². The molecule has 2 aromatic carbocycles. The highest BCUT2D eigenvalue weighted by Gasteiger charge is 2.47. The molecule has 0 saturated carbocycles. The molecule has 0 radical (unpaired) electrons. The molecule has 172 valence electrons. The molecule has 1 aliphatic rings. The average molecular weight is 450 g/mol. The first-order valence-corrected chi connectivity index (χ1v) is 9.61. The molecule has 6 N–H and O–H groups in total. The van der Waals surface area contributed by atoms with Gasteiger partial charge >= 0.3 is 0 Å². The molecule has 1 aromatic heterocycles. The molecule has 0 spiro atoms. The normalized spacial score (nSPS) is 26.0. The Morgan fingerprint density at radius 3 is 2.31 bits per heavy atom. The Hall–Kier alpha value is -3.09. The molecule has 0 bridgehead atoms. The molecular weight excluding hydrogens is 428 g/mol. The van der Waals surface area contributed by atoms with Crippen molar-refractivity contribution in [2.75, 3.05) is 20.8 Å². The fourth-order valence-electron chi connectivity index (χ4n) is 4.04. The van der Waals surface area contributed by atoms with Gasteiger partial charge < -0.3 is 49.3 Å². The van der Waals surface area contributed by atoms with Crippen molar-refractivity contribution in [1.29, 1.82) is 0 Å². The van der Waals surface area contributed by atoms with E-state index in [0.29, 0.717) is 0 Å². The maximum atomic E-state index is 13.1. The molecule has 0 amide bonds. The number of benzene rings is 2. The van der Waals surface area contributed by atoms with Crippen LogP contribution < -0.4 is 10.2 Å². The molecule has 0 aliphatic carbocycles. The Kier molecular flexibility index (Phi) is 5.61. The maximum absolute atomic E-state index is 13.1. The van der Waals surface area contributed by atoms with Crippen LogP contribution in [0.5, 0.6) is 23.0 Å². The van der Waals surface area contributed by atoms with Gasteiger partial charge in [0.15, 0.2) is 11.5 Å². The van der Waals surface area contributed by atoms with Crippen molar-refractivity contribution in [3.63, 3.8) is 0 Å². The highest BCUT2D eigenvalue weighted by molar-refractivity contribution is 5.96. The number of hydrogen-bond donors (Lipinski definition) is 6. The second-order valence-electron chi connectivity index (χ2n) is 7.44. The van der Waals surface area contributed by atoms with Gasteiger partial charge in [-0.1, -0.05) is 0 Å². The van der Waals surface area contributed by atoms with Crippen molar-refractivity contribution in [2.24, 2.45) is 0 Å². The van der Waals surface area contributed by atoms with Gasteiger partial charge in [0.25, 0.3) is 0 Å². The van der Waals surface area contributed by atoms with Crippen LogP contribution in [0.4, 0.5) is 0 Å². The van der Waals surface area contributed by atoms with Crippen LogP contribution in [0.3, 0.4) is 0 Å². The summed E-state index contributed by atoms with van der Waals surface area (Å²) in [5, 5.41) is 60.4. The van der Waals surface area contributed by atoms with Gasteiger partial charge in [0.1, 0.15) is 58.6 Å². The number of aliphatic hydroxyl groups excluding tert-OH is 3. The summed E-state index contributed by atoms with van der Waals surface area (Å²) in [6, 6.07) is 3.39. The largest absolute Gasteiger partial charge is 0.506 e. The van der Waals surface area contributed by atoms with Crippen molar-refractivity contribution >= 4 is 21.9 Å². The van der Waals surface area contributed by atoms with Gasteiger partial charge in [-0.25, -0.2) is 0 Å². The third kappa shape index (κ3) is 3.22. The van der Waals surface area contributed by atoms with Crippen molar-refractivity contribution in [3.8, 4) is 23.0 Å². The van der Waals surface area contributed by atoms with Crippen molar-refractivity contribution in [1.82, 2.24) is 0 Å². The highest BCUT2D eigenvalue weighted by atomic mass is 16.6. The number of methoxy groups -OCH3 is 2. The molecular formula is C21H22O11. The third-order valence-electron chi connectivity index (χ3n) is 5.68. The van der Waals surface area contributed by atoms with Crippen LogP contribution in [-0.2, 0) is 9.47 Å². The number of rotatable bonds is 4. The second kappa shape index (κ2) is 8.11. The van der Waals surface area contributed by atoms with Gasteiger partial charge in [-0.15, -0.1) is 0 Å². The number of aromatic hydroxyl groups is 3. The molecule has 2 heterocycles. The summed E-state index contributed by atoms with van der Waals surface area (Å²) in [6.45, 7) is -0.628. The van der Waals surface area contributed by atoms with Gasteiger partial charge in [-0.05, 0) is 6.07 Å². The molecule has 32 heavy (non-hydrogen) atoms. The molecule has 11 heteroatoms. The molecule has 1 fully saturated rings. The summed E-state index contributed by atoms with van der Waals surface area (Å²) >= 11 is 0. The Labute approximate surface area is 180 Å². The zero-order valence-electron chi connectivity index (χ0n) is 17.1. The number of hydrogen-bond acceptors (Lipinski definition) is 11. The summed E-state index contributed by atoms with van der Waals surface area (Å²) < 4.78 is 22.0. The van der Waals surface area contributed by atoms with Crippen molar-refractivity contribution in [3.05, 3.63) is 34.0 Å². The number of aliphatic hydroxyl groups is 3. The highest BCUT2D eigenvalue weighted by Crippen LogP contribution is 2.46. The summed E-state index contributed by atoms with van der Waals surface area (Å²) in [5.41, 5.74) is -0.878. The lowest BCUT2D eigenvalue weighted by atomic mass is 9.89. The Balaban J connectivity index is 2.01. The molecule has 1 saturated heterocycles. The fraction of sp³-hybridized carbons (Fsp3) is 0.381. The summed E-state index contributed by atoms with van der Waals surface area (Å²) in [4.78, 5) is 13.1. The van der Waals surface area contributed by atoms with E-state index in [1.54, 1.807) is 0 Å². The quantitative estimate of drug-likeness (QED) is 0.237. The Bertz CT molecular complexity index is 1230. The average Bonchev–Trinajstić information content (AvgIpc) is 2.76. The molecule has 4 rings (SSSR count). The lowest BCUT2D eigenvalue weighted by Crippen LogP contribution is -2.55. The van der Waals surface area contributed by atoms with E-state index in [9.17, 15) is 35.4 Å². The van der Waals surface area contributed by atoms with Crippen LogP contribution in [0.2, 0.25) is 0 Å². The van der Waals surface area contributed by atoms with E-state index in [0.717, 1.165) is 12.1 Å². The van der Waals surface area contributed by atoms with Gasteiger partial charge in [0.05, 0.1) is 24.7 Å². The van der Waals surface area contributed by atoms with Gasteiger partial charge in [-0.2, -0.15) is 0 Å². The second-order valence-corrected chi connectivity index (χ2v) is 7.44. The zero-order chi connectivity index (χ0) is 23.3. The fourth-order valence-corrected chi connectivity index (χ4v) is 4.04. The van der Waals surface area contributed by atoms with Crippen LogP contribution in [0.1, 0.15) is 11.7 Å². The first-order chi connectivity index (χ1) is 15.2. The molecule has 5 atom stereocenters. The monoisotopic (exact) mass is 450 g/mol.